The quantitative estimate of drug-likeness (QED) is 0.620. The minimum atomic E-state index is -1.05. The highest BCUT2D eigenvalue weighted by Crippen LogP contribution is 2.18. The molecule has 0 aromatic carbocycles. The van der Waals surface area contributed by atoms with Gasteiger partial charge >= 0.3 is 11.9 Å². The first kappa shape index (κ1) is 15.2. The maximum absolute atomic E-state index is 11.5. The van der Waals surface area contributed by atoms with E-state index in [2.05, 4.69) is 0 Å². The first-order chi connectivity index (χ1) is 7.52. The second-order valence-electron chi connectivity index (χ2n) is 3.31. The van der Waals surface area contributed by atoms with E-state index in [1.165, 1.54) is 11.8 Å². The number of carboxylic acid groups (broad SMARTS) is 1. The van der Waals surface area contributed by atoms with Crippen molar-refractivity contribution < 1.29 is 19.4 Å². The summed E-state index contributed by atoms with van der Waals surface area (Å²) in [6, 6.07) is -0.932. The van der Waals surface area contributed by atoms with Crippen molar-refractivity contribution in [2.75, 3.05) is 12.4 Å². The molecule has 0 fully saturated rings. The van der Waals surface area contributed by atoms with Gasteiger partial charge in [-0.25, -0.2) is 0 Å². The van der Waals surface area contributed by atoms with Crippen molar-refractivity contribution in [1.82, 2.24) is 0 Å². The Morgan fingerprint density at radius 2 is 2.06 bits per heavy atom. The zero-order chi connectivity index (χ0) is 12.6. The van der Waals surface area contributed by atoms with Crippen molar-refractivity contribution in [3.05, 3.63) is 0 Å². The molecule has 0 bridgehead atoms. The number of carbonyl (C=O) groups excluding carboxylic acids is 1. The van der Waals surface area contributed by atoms with Crippen molar-refractivity contribution in [3.63, 3.8) is 0 Å². The van der Waals surface area contributed by atoms with Gasteiger partial charge in [0.2, 0.25) is 0 Å². The number of hydrogen-bond donors (Lipinski definition) is 2. The lowest BCUT2D eigenvalue weighted by molar-refractivity contribution is -0.142. The first-order valence-electron chi connectivity index (χ1n) is 5.29. The molecule has 0 saturated heterocycles. The molecule has 0 aliphatic carbocycles. The highest BCUT2D eigenvalue weighted by Gasteiger charge is 2.22. The lowest BCUT2D eigenvalue weighted by Crippen LogP contribution is -2.34. The Hall–Kier alpha value is -0.750. The van der Waals surface area contributed by atoms with E-state index in [1.807, 2.05) is 6.92 Å². The summed E-state index contributed by atoms with van der Waals surface area (Å²) in [5, 5.41) is 8.30. The highest BCUT2D eigenvalue weighted by molar-refractivity contribution is 8.00. The van der Waals surface area contributed by atoms with Gasteiger partial charge in [-0.05, 0) is 13.3 Å². The summed E-state index contributed by atoms with van der Waals surface area (Å²) in [5.74, 6) is -1.11. The fraction of sp³-hybridized carbons (Fsp3) is 0.800. The van der Waals surface area contributed by atoms with E-state index >= 15 is 0 Å². The molecule has 1 unspecified atom stereocenters. The Kier molecular flexibility index (Phi) is 8.01. The molecule has 0 saturated carbocycles. The average Bonchev–Trinajstić information content (AvgIpc) is 2.23. The molecule has 0 aromatic heterocycles. The molecule has 0 aromatic rings. The number of ether oxygens (including phenoxy) is 1. The van der Waals surface area contributed by atoms with Crippen LogP contribution in [0.4, 0.5) is 0 Å². The summed E-state index contributed by atoms with van der Waals surface area (Å²) in [6.07, 6.45) is 1.52. The molecule has 94 valence electrons. The fourth-order valence-corrected chi connectivity index (χ4v) is 2.25. The van der Waals surface area contributed by atoms with Crippen molar-refractivity contribution in [2.45, 2.75) is 38.0 Å². The van der Waals surface area contributed by atoms with Crippen LogP contribution in [0.2, 0.25) is 0 Å². The normalized spacial score (nSPS) is 14.2. The lowest BCUT2D eigenvalue weighted by Gasteiger charge is -2.15. The molecular formula is C10H19NO4S. The minimum Gasteiger partial charge on any atom is -0.480 e. The number of esters is 1. The van der Waals surface area contributed by atoms with Gasteiger partial charge in [-0.15, -0.1) is 11.8 Å². The molecular weight excluding hydrogens is 230 g/mol. The molecule has 3 N–H and O–H groups in total. The van der Waals surface area contributed by atoms with Gasteiger partial charge in [0.1, 0.15) is 11.3 Å². The summed E-state index contributed by atoms with van der Waals surface area (Å²) in [7, 11) is 0. The maximum Gasteiger partial charge on any atom is 0.321 e. The van der Waals surface area contributed by atoms with Gasteiger partial charge in [0.25, 0.3) is 0 Å². The first-order valence-corrected chi connectivity index (χ1v) is 6.34. The molecule has 5 nitrogen and oxygen atoms in total. The van der Waals surface area contributed by atoms with Gasteiger partial charge in [-0.3, -0.25) is 9.59 Å². The molecule has 6 heteroatoms. The van der Waals surface area contributed by atoms with Crippen molar-refractivity contribution in [2.24, 2.45) is 5.73 Å². The number of thioether (sulfide) groups is 1. The molecule has 2 atom stereocenters. The number of hydrogen-bond acceptors (Lipinski definition) is 5. The third-order valence-corrected chi connectivity index (χ3v) is 3.28. The van der Waals surface area contributed by atoms with Gasteiger partial charge < -0.3 is 15.6 Å². The minimum absolute atomic E-state index is 0.221. The van der Waals surface area contributed by atoms with E-state index in [4.69, 9.17) is 15.6 Å². The summed E-state index contributed by atoms with van der Waals surface area (Å²) in [4.78, 5) is 22.0. The van der Waals surface area contributed by atoms with Crippen LogP contribution in [-0.4, -0.2) is 40.7 Å². The second-order valence-corrected chi connectivity index (χ2v) is 4.54. The largest absolute Gasteiger partial charge is 0.480 e. The van der Waals surface area contributed by atoms with Crippen LogP contribution in [0.3, 0.4) is 0 Å². The van der Waals surface area contributed by atoms with Crippen LogP contribution in [0.5, 0.6) is 0 Å². The van der Waals surface area contributed by atoms with Gasteiger partial charge in [-0.1, -0.05) is 13.3 Å². The van der Waals surface area contributed by atoms with Gasteiger partial charge in [-0.2, -0.15) is 0 Å². The number of aliphatic carboxylic acids is 1. The van der Waals surface area contributed by atoms with Gasteiger partial charge in [0.05, 0.1) is 6.61 Å². The van der Waals surface area contributed by atoms with Crippen molar-refractivity contribution in [1.29, 1.82) is 0 Å². The van der Waals surface area contributed by atoms with Gasteiger partial charge in [0.15, 0.2) is 0 Å². The average molecular weight is 249 g/mol. The molecule has 0 aliphatic rings. The summed E-state index contributed by atoms with van der Waals surface area (Å²) < 4.78 is 4.90. The third-order valence-electron chi connectivity index (χ3n) is 1.89. The van der Waals surface area contributed by atoms with Crippen LogP contribution in [0.15, 0.2) is 0 Å². The summed E-state index contributed by atoms with van der Waals surface area (Å²) >= 11 is 1.25. The van der Waals surface area contributed by atoms with Crippen LogP contribution in [0.1, 0.15) is 26.7 Å². The molecule has 0 heterocycles. The van der Waals surface area contributed by atoms with Gasteiger partial charge in [0, 0.05) is 5.75 Å². The molecule has 0 rings (SSSR count). The number of nitrogens with two attached hydrogens (primary N) is 1. The zero-order valence-corrected chi connectivity index (χ0v) is 10.5. The number of rotatable bonds is 8. The molecule has 16 heavy (non-hydrogen) atoms. The fourth-order valence-electron chi connectivity index (χ4n) is 1.06. The van der Waals surface area contributed by atoms with Crippen molar-refractivity contribution in [3.8, 4) is 0 Å². The predicted octanol–water partition coefficient (Wildman–Crippen LogP) is 0.863. The SMILES string of the molecule is CCCC(SC[C@H](N)C(=O)O)C(=O)OCC. The standard InChI is InChI=1S/C10H19NO4S/c1-3-5-8(10(14)15-4-2)16-6-7(11)9(12)13/h7-8H,3-6,11H2,1-2H3,(H,12,13)/t7-,8?/m0/s1. The maximum atomic E-state index is 11.5. The Morgan fingerprint density at radius 3 is 2.50 bits per heavy atom. The van der Waals surface area contributed by atoms with Crippen molar-refractivity contribution >= 4 is 23.7 Å². The number of carbonyl (C=O) groups is 2. The second kappa shape index (κ2) is 8.41. The smallest absolute Gasteiger partial charge is 0.321 e. The monoisotopic (exact) mass is 249 g/mol. The van der Waals surface area contributed by atoms with E-state index in [1.54, 1.807) is 6.92 Å². The Bertz CT molecular complexity index is 235. The van der Waals surface area contributed by atoms with E-state index in [0.717, 1.165) is 6.42 Å². The van der Waals surface area contributed by atoms with Crippen LogP contribution in [-0.2, 0) is 14.3 Å². The molecule has 0 radical (unpaired) electrons. The molecule has 0 aliphatic heterocycles. The van der Waals surface area contributed by atoms with E-state index in [-0.39, 0.29) is 17.0 Å². The van der Waals surface area contributed by atoms with Crippen LogP contribution >= 0.6 is 11.8 Å². The van der Waals surface area contributed by atoms with Crippen LogP contribution in [0, 0.1) is 0 Å². The Labute approximate surface area is 99.7 Å². The molecule has 0 spiro atoms. The lowest BCUT2D eigenvalue weighted by atomic mass is 10.2. The topological polar surface area (TPSA) is 89.6 Å². The molecule has 0 amide bonds. The highest BCUT2D eigenvalue weighted by atomic mass is 32.2. The van der Waals surface area contributed by atoms with E-state index in [9.17, 15) is 9.59 Å². The summed E-state index contributed by atoms with van der Waals surface area (Å²) in [5.41, 5.74) is 5.36. The summed E-state index contributed by atoms with van der Waals surface area (Å²) in [6.45, 7) is 4.04. The Balaban J connectivity index is 4.12. The third kappa shape index (κ3) is 5.97. The van der Waals surface area contributed by atoms with Crippen LogP contribution in [0.25, 0.3) is 0 Å². The van der Waals surface area contributed by atoms with E-state index < -0.39 is 12.0 Å². The number of carboxylic acids is 1. The Morgan fingerprint density at radius 1 is 1.44 bits per heavy atom. The van der Waals surface area contributed by atoms with E-state index in [0.29, 0.717) is 13.0 Å². The van der Waals surface area contributed by atoms with Crippen LogP contribution < -0.4 is 5.73 Å². The zero-order valence-electron chi connectivity index (χ0n) is 9.64. The predicted molar refractivity (Wildman–Crippen MR) is 63.4 cm³/mol.